The molecule has 1 aromatic rings. The average molecular weight is 238 g/mol. The van der Waals surface area contributed by atoms with Gasteiger partial charge < -0.3 is 9.72 Å². The predicted molar refractivity (Wildman–Crippen MR) is 46.3 cm³/mol. The van der Waals surface area contributed by atoms with E-state index in [4.69, 9.17) is 16.3 Å². The highest BCUT2D eigenvalue weighted by Gasteiger charge is 2.07. The van der Waals surface area contributed by atoms with E-state index in [-0.39, 0.29) is 16.3 Å². The zero-order valence-corrected chi connectivity index (χ0v) is 7.99. The summed E-state index contributed by atoms with van der Waals surface area (Å²) in [5, 5.41) is 0.209. The summed E-state index contributed by atoms with van der Waals surface area (Å²) in [5.41, 5.74) is -0.253. The Kier molecular flexibility index (Phi) is 2.57. The summed E-state index contributed by atoms with van der Waals surface area (Å²) in [7, 11) is 1.39. The Morgan fingerprint density at radius 2 is 2.36 bits per heavy atom. The van der Waals surface area contributed by atoms with Crippen molar-refractivity contribution < 1.29 is 4.74 Å². The van der Waals surface area contributed by atoms with Crippen LogP contribution in [0.2, 0.25) is 5.15 Å². The van der Waals surface area contributed by atoms with Crippen LogP contribution < -0.4 is 10.2 Å². The van der Waals surface area contributed by atoms with E-state index in [0.717, 1.165) is 0 Å². The molecule has 5 heteroatoms. The molecule has 3 nitrogen and oxygen atoms in total. The zero-order valence-electron chi connectivity index (χ0n) is 5.65. The van der Waals surface area contributed by atoms with Crippen molar-refractivity contribution in [1.29, 1.82) is 0 Å². The van der Waals surface area contributed by atoms with Crippen molar-refractivity contribution in [3.05, 3.63) is 26.0 Å². The topological polar surface area (TPSA) is 42.1 Å². The minimum atomic E-state index is -0.253. The number of aromatic nitrogens is 1. The summed E-state index contributed by atoms with van der Waals surface area (Å²) < 4.78 is 5.15. The Labute approximate surface area is 76.5 Å². The molecular formula is C6H5BrClNO2. The van der Waals surface area contributed by atoms with E-state index in [1.165, 1.54) is 13.3 Å². The fourth-order valence-corrected chi connectivity index (χ4v) is 1.16. The second kappa shape index (κ2) is 3.28. The van der Waals surface area contributed by atoms with Crippen molar-refractivity contribution in [2.45, 2.75) is 0 Å². The standard InChI is InChI=1S/C6H5BrClNO2/c1-11-5-4(10)3(7)2-9-6(5)8/h2H,1H3,(H,9,10). The predicted octanol–water partition coefficient (Wildman–Crippen LogP) is 1.80. The van der Waals surface area contributed by atoms with E-state index in [9.17, 15) is 4.79 Å². The number of ether oxygens (including phenoxy) is 1. The van der Waals surface area contributed by atoms with Gasteiger partial charge in [-0.25, -0.2) is 0 Å². The molecule has 0 unspecified atom stereocenters. The zero-order chi connectivity index (χ0) is 8.43. The Morgan fingerprint density at radius 1 is 1.73 bits per heavy atom. The maximum Gasteiger partial charge on any atom is 0.239 e. The van der Waals surface area contributed by atoms with Crippen LogP contribution in [-0.4, -0.2) is 12.1 Å². The van der Waals surface area contributed by atoms with E-state index in [0.29, 0.717) is 4.47 Å². The Morgan fingerprint density at radius 3 is 2.82 bits per heavy atom. The lowest BCUT2D eigenvalue weighted by Gasteiger charge is -2.00. The van der Waals surface area contributed by atoms with Crippen molar-refractivity contribution in [2.75, 3.05) is 7.11 Å². The van der Waals surface area contributed by atoms with Crippen molar-refractivity contribution in [3.8, 4) is 5.75 Å². The van der Waals surface area contributed by atoms with Gasteiger partial charge in [0.25, 0.3) is 0 Å². The summed E-state index contributed by atoms with van der Waals surface area (Å²) in [6.45, 7) is 0. The van der Waals surface area contributed by atoms with Crippen LogP contribution in [0, 0.1) is 0 Å². The SMILES string of the molecule is COc1c(Cl)[nH]cc(Br)c1=O. The molecule has 1 N–H and O–H groups in total. The molecule has 0 aliphatic rings. The molecule has 11 heavy (non-hydrogen) atoms. The van der Waals surface area contributed by atoms with Gasteiger partial charge in [0.15, 0.2) is 5.15 Å². The van der Waals surface area contributed by atoms with Crippen LogP contribution in [0.5, 0.6) is 5.75 Å². The van der Waals surface area contributed by atoms with Crippen LogP contribution in [0.3, 0.4) is 0 Å². The second-order valence-corrected chi connectivity index (χ2v) is 3.05. The molecule has 0 aliphatic carbocycles. The lowest BCUT2D eigenvalue weighted by Crippen LogP contribution is -2.07. The van der Waals surface area contributed by atoms with Crippen LogP contribution in [0.15, 0.2) is 15.5 Å². The molecular weight excluding hydrogens is 233 g/mol. The van der Waals surface area contributed by atoms with E-state index in [2.05, 4.69) is 20.9 Å². The quantitative estimate of drug-likeness (QED) is 0.758. The van der Waals surface area contributed by atoms with Gasteiger partial charge >= 0.3 is 0 Å². The lowest BCUT2D eigenvalue weighted by molar-refractivity contribution is 0.409. The average Bonchev–Trinajstić information content (AvgIpc) is 1.99. The summed E-state index contributed by atoms with van der Waals surface area (Å²) >= 11 is 8.64. The van der Waals surface area contributed by atoms with Gasteiger partial charge in [-0.3, -0.25) is 4.79 Å². The number of H-pyrrole nitrogens is 1. The molecule has 1 rings (SSSR count). The third kappa shape index (κ3) is 1.57. The van der Waals surface area contributed by atoms with Gasteiger partial charge in [0.1, 0.15) is 0 Å². The van der Waals surface area contributed by atoms with Gasteiger partial charge in [0.2, 0.25) is 11.2 Å². The maximum atomic E-state index is 11.1. The number of rotatable bonds is 1. The van der Waals surface area contributed by atoms with E-state index in [1.807, 2.05) is 0 Å². The summed E-state index contributed by atoms with van der Waals surface area (Å²) in [5.74, 6) is 0.126. The number of hydrogen-bond acceptors (Lipinski definition) is 2. The number of aromatic amines is 1. The molecule has 0 fully saturated rings. The summed E-state index contributed by atoms with van der Waals surface area (Å²) in [6, 6.07) is 0. The number of nitrogens with one attached hydrogen (secondary N) is 1. The highest BCUT2D eigenvalue weighted by atomic mass is 79.9. The molecule has 0 spiro atoms. The number of hydrogen-bond donors (Lipinski definition) is 1. The van der Waals surface area contributed by atoms with Crippen LogP contribution in [-0.2, 0) is 0 Å². The normalized spacial score (nSPS) is 9.73. The van der Waals surface area contributed by atoms with Crippen LogP contribution in [0.25, 0.3) is 0 Å². The molecule has 0 radical (unpaired) electrons. The first-order chi connectivity index (χ1) is 5.16. The number of pyridine rings is 1. The monoisotopic (exact) mass is 237 g/mol. The highest BCUT2D eigenvalue weighted by Crippen LogP contribution is 2.18. The Hall–Kier alpha value is -0.480. The van der Waals surface area contributed by atoms with Crippen LogP contribution >= 0.6 is 27.5 Å². The van der Waals surface area contributed by atoms with E-state index < -0.39 is 0 Å². The molecule has 0 saturated heterocycles. The fourth-order valence-electron chi connectivity index (χ4n) is 0.648. The largest absolute Gasteiger partial charge is 0.490 e. The molecule has 0 bridgehead atoms. The molecule has 1 heterocycles. The van der Waals surface area contributed by atoms with Crippen molar-refractivity contribution in [1.82, 2.24) is 4.98 Å². The minimum Gasteiger partial charge on any atom is -0.490 e. The molecule has 0 aromatic carbocycles. The molecule has 60 valence electrons. The van der Waals surface area contributed by atoms with E-state index in [1.54, 1.807) is 0 Å². The first-order valence-corrected chi connectivity index (χ1v) is 3.94. The Balaban J connectivity index is 3.41. The molecule has 0 saturated carbocycles. The Bertz CT molecular complexity index is 323. The third-order valence-corrected chi connectivity index (χ3v) is 2.02. The van der Waals surface area contributed by atoms with Gasteiger partial charge in [-0.1, -0.05) is 11.6 Å². The second-order valence-electron chi connectivity index (χ2n) is 1.81. The van der Waals surface area contributed by atoms with Crippen molar-refractivity contribution in [3.63, 3.8) is 0 Å². The molecule has 1 aromatic heterocycles. The fraction of sp³-hybridized carbons (Fsp3) is 0.167. The van der Waals surface area contributed by atoms with Crippen LogP contribution in [0.1, 0.15) is 0 Å². The van der Waals surface area contributed by atoms with Gasteiger partial charge in [-0.05, 0) is 15.9 Å². The molecule has 0 aliphatic heterocycles. The van der Waals surface area contributed by atoms with Gasteiger partial charge in [-0.15, -0.1) is 0 Å². The maximum absolute atomic E-state index is 11.1. The van der Waals surface area contributed by atoms with Crippen molar-refractivity contribution in [2.24, 2.45) is 0 Å². The lowest BCUT2D eigenvalue weighted by atomic mass is 10.4. The minimum absolute atomic E-state index is 0.126. The molecule has 0 atom stereocenters. The van der Waals surface area contributed by atoms with Gasteiger partial charge in [0, 0.05) is 6.20 Å². The summed E-state index contributed by atoms with van der Waals surface area (Å²) in [6.07, 6.45) is 1.47. The van der Waals surface area contributed by atoms with Gasteiger partial charge in [-0.2, -0.15) is 0 Å². The highest BCUT2D eigenvalue weighted by molar-refractivity contribution is 9.10. The van der Waals surface area contributed by atoms with Crippen LogP contribution in [0.4, 0.5) is 0 Å². The number of methoxy groups -OCH3 is 1. The summed E-state index contributed by atoms with van der Waals surface area (Å²) in [4.78, 5) is 13.8. The van der Waals surface area contributed by atoms with Gasteiger partial charge in [0.05, 0.1) is 11.6 Å². The molecule has 0 amide bonds. The first kappa shape index (κ1) is 8.62. The van der Waals surface area contributed by atoms with E-state index >= 15 is 0 Å². The smallest absolute Gasteiger partial charge is 0.239 e. The first-order valence-electron chi connectivity index (χ1n) is 2.77. The number of halogens is 2. The van der Waals surface area contributed by atoms with Crippen molar-refractivity contribution >= 4 is 27.5 Å². The third-order valence-electron chi connectivity index (χ3n) is 1.15.